The first-order valence-electron chi connectivity index (χ1n) is 11.4. The molecule has 1 aromatic carbocycles. The molecule has 0 bridgehead atoms. The minimum atomic E-state index is -1.21. The van der Waals surface area contributed by atoms with Crippen molar-refractivity contribution in [2.45, 2.75) is 66.4 Å². The smallest absolute Gasteiger partial charge is 0.352 e. The van der Waals surface area contributed by atoms with Crippen LogP contribution >= 0.6 is 0 Å². The van der Waals surface area contributed by atoms with Crippen molar-refractivity contribution in [2.75, 3.05) is 32.9 Å². The molecule has 0 fully saturated rings. The Bertz CT molecular complexity index is 729. The second-order valence-corrected chi connectivity index (χ2v) is 7.38. The monoisotopic (exact) mass is 451 g/mol. The zero-order valence-corrected chi connectivity index (χ0v) is 20.0. The zero-order chi connectivity index (χ0) is 23.9. The Labute approximate surface area is 191 Å². The van der Waals surface area contributed by atoms with Crippen molar-refractivity contribution in [1.82, 2.24) is 4.90 Å². The highest BCUT2D eigenvalue weighted by Crippen LogP contribution is 2.32. The van der Waals surface area contributed by atoms with Crippen LogP contribution in [0.4, 0.5) is 0 Å². The van der Waals surface area contributed by atoms with Gasteiger partial charge >= 0.3 is 11.9 Å². The van der Waals surface area contributed by atoms with Gasteiger partial charge in [0, 0.05) is 25.6 Å². The maximum atomic E-state index is 12.5. The lowest BCUT2D eigenvalue weighted by Gasteiger charge is -2.22. The van der Waals surface area contributed by atoms with Gasteiger partial charge in [-0.15, -0.1) is 0 Å². The summed E-state index contributed by atoms with van der Waals surface area (Å²) in [5.41, 5.74) is 0.407. The summed E-state index contributed by atoms with van der Waals surface area (Å²) in [5, 5.41) is 0. The number of carbonyl (C=O) groups excluding carboxylic acids is 3. The number of amides is 1. The third kappa shape index (κ3) is 9.16. The quantitative estimate of drug-likeness (QED) is 0.371. The predicted molar refractivity (Wildman–Crippen MR) is 121 cm³/mol. The van der Waals surface area contributed by atoms with Gasteiger partial charge in [0.25, 0.3) is 5.91 Å². The van der Waals surface area contributed by atoms with Crippen LogP contribution in [0.2, 0.25) is 0 Å². The third-order valence-corrected chi connectivity index (χ3v) is 4.37. The number of carbonyl (C=O) groups is 3. The van der Waals surface area contributed by atoms with Crippen LogP contribution in [0.15, 0.2) is 18.2 Å². The minimum Gasteiger partial charge on any atom is -0.490 e. The van der Waals surface area contributed by atoms with Crippen LogP contribution in [0.25, 0.3) is 0 Å². The lowest BCUT2D eigenvalue weighted by atomic mass is 10.1. The summed E-state index contributed by atoms with van der Waals surface area (Å²) in [6, 6.07) is 4.81. The highest BCUT2D eigenvalue weighted by molar-refractivity contribution is 5.80. The summed E-state index contributed by atoms with van der Waals surface area (Å²) in [7, 11) is 0. The van der Waals surface area contributed by atoms with Gasteiger partial charge in [0.1, 0.15) is 0 Å². The van der Waals surface area contributed by atoms with Crippen LogP contribution in [0.5, 0.6) is 11.5 Å². The number of ether oxygens (including phenoxy) is 4. The van der Waals surface area contributed by atoms with Gasteiger partial charge in [-0.1, -0.05) is 33.8 Å². The zero-order valence-electron chi connectivity index (χ0n) is 20.0. The van der Waals surface area contributed by atoms with E-state index in [2.05, 4.69) is 0 Å². The van der Waals surface area contributed by atoms with Gasteiger partial charge in [-0.25, -0.2) is 4.79 Å². The molecule has 0 saturated carbocycles. The fourth-order valence-corrected chi connectivity index (χ4v) is 2.96. The van der Waals surface area contributed by atoms with Gasteiger partial charge in [-0.05, 0) is 37.8 Å². The largest absolute Gasteiger partial charge is 0.490 e. The van der Waals surface area contributed by atoms with Gasteiger partial charge < -0.3 is 23.8 Å². The van der Waals surface area contributed by atoms with Crippen molar-refractivity contribution in [2.24, 2.45) is 0 Å². The molecule has 0 aliphatic heterocycles. The molecular weight excluding hydrogens is 414 g/mol. The van der Waals surface area contributed by atoms with E-state index in [1.54, 1.807) is 23.1 Å². The van der Waals surface area contributed by atoms with Crippen molar-refractivity contribution >= 4 is 17.8 Å². The molecule has 0 spiro atoms. The maximum absolute atomic E-state index is 12.5. The number of benzene rings is 1. The van der Waals surface area contributed by atoms with Crippen LogP contribution in [0.1, 0.15) is 72.0 Å². The maximum Gasteiger partial charge on any atom is 0.352 e. The molecule has 0 saturated heterocycles. The fraction of sp³-hybridized carbons (Fsp3) is 0.625. The van der Waals surface area contributed by atoms with Crippen LogP contribution in [0.3, 0.4) is 0 Å². The Balaban J connectivity index is 3.09. The molecule has 8 heteroatoms. The number of rotatable bonds is 15. The van der Waals surface area contributed by atoms with Crippen molar-refractivity contribution in [3.8, 4) is 11.5 Å². The van der Waals surface area contributed by atoms with Crippen molar-refractivity contribution in [3.05, 3.63) is 23.8 Å². The van der Waals surface area contributed by atoms with E-state index >= 15 is 0 Å². The molecule has 0 N–H and O–H groups in total. The third-order valence-electron chi connectivity index (χ3n) is 4.37. The van der Waals surface area contributed by atoms with Crippen LogP contribution in [-0.4, -0.2) is 55.7 Å². The fourth-order valence-electron chi connectivity index (χ4n) is 2.96. The molecular formula is C24H37NO7. The highest BCUT2D eigenvalue weighted by Gasteiger charge is 2.27. The molecule has 180 valence electrons. The molecule has 32 heavy (non-hydrogen) atoms. The minimum absolute atomic E-state index is 0.0971. The van der Waals surface area contributed by atoms with Gasteiger partial charge in [-0.3, -0.25) is 9.59 Å². The first-order chi connectivity index (χ1) is 15.4. The van der Waals surface area contributed by atoms with Gasteiger partial charge in [0.05, 0.1) is 13.2 Å². The average molecular weight is 452 g/mol. The van der Waals surface area contributed by atoms with Crippen LogP contribution in [-0.2, 0) is 23.9 Å². The van der Waals surface area contributed by atoms with E-state index in [-0.39, 0.29) is 19.1 Å². The molecule has 1 unspecified atom stereocenters. The topological polar surface area (TPSA) is 91.4 Å². The molecule has 1 amide bonds. The molecule has 0 aromatic heterocycles. The second kappa shape index (κ2) is 15.1. The Kier molecular flexibility index (Phi) is 12.9. The van der Waals surface area contributed by atoms with Gasteiger partial charge in [-0.2, -0.15) is 0 Å². The summed E-state index contributed by atoms with van der Waals surface area (Å²) >= 11 is 0. The average Bonchev–Trinajstić information content (AvgIpc) is 2.78. The summed E-state index contributed by atoms with van der Waals surface area (Å²) in [6.07, 6.45) is 1.95. The van der Waals surface area contributed by atoms with Crippen molar-refractivity contribution < 1.29 is 33.3 Å². The van der Waals surface area contributed by atoms with Crippen LogP contribution < -0.4 is 9.47 Å². The van der Waals surface area contributed by atoms with Crippen molar-refractivity contribution in [3.63, 3.8) is 0 Å². The Morgan fingerprint density at radius 2 is 1.53 bits per heavy atom. The molecule has 1 rings (SSSR count). The SMILES string of the molecule is CCCOC(=O)C(OC(C)=O)c1ccc(OCC(=O)N(CCC)CCC)c(OCCC)c1. The van der Waals surface area contributed by atoms with E-state index in [9.17, 15) is 14.4 Å². The first kappa shape index (κ1) is 27.3. The molecule has 8 nitrogen and oxygen atoms in total. The normalized spacial score (nSPS) is 11.4. The first-order valence-corrected chi connectivity index (χ1v) is 11.4. The number of hydrogen-bond donors (Lipinski definition) is 0. The van der Waals surface area contributed by atoms with E-state index in [4.69, 9.17) is 18.9 Å². The Morgan fingerprint density at radius 3 is 2.09 bits per heavy atom. The lowest BCUT2D eigenvalue weighted by molar-refractivity contribution is -0.167. The van der Waals surface area contributed by atoms with Gasteiger partial charge in [0.15, 0.2) is 18.1 Å². The van der Waals surface area contributed by atoms with E-state index < -0.39 is 18.0 Å². The van der Waals surface area contributed by atoms with E-state index in [1.165, 1.54) is 6.92 Å². The number of nitrogens with zero attached hydrogens (tertiary/aromatic N) is 1. The highest BCUT2D eigenvalue weighted by atomic mass is 16.6. The summed E-state index contributed by atoms with van der Waals surface area (Å²) in [4.78, 5) is 38.3. The standard InChI is InChI=1S/C24H37NO7/c1-6-12-25(13-7-2)22(27)17-31-20-11-10-19(16-21(20)29-14-8-3)23(32-18(5)26)24(28)30-15-9-4/h10-11,16,23H,6-9,12-15,17H2,1-5H3. The second-order valence-electron chi connectivity index (χ2n) is 7.38. The molecule has 1 atom stereocenters. The van der Waals surface area contributed by atoms with Gasteiger partial charge in [0.2, 0.25) is 6.10 Å². The summed E-state index contributed by atoms with van der Waals surface area (Å²) < 4.78 is 21.9. The van der Waals surface area contributed by atoms with Crippen molar-refractivity contribution in [1.29, 1.82) is 0 Å². The molecule has 0 aliphatic carbocycles. The summed E-state index contributed by atoms with van der Waals surface area (Å²) in [6.45, 7) is 11.0. The van der Waals surface area contributed by atoms with E-state index in [0.29, 0.717) is 43.2 Å². The van der Waals surface area contributed by atoms with Crippen LogP contribution in [0, 0.1) is 0 Å². The number of hydrogen-bond acceptors (Lipinski definition) is 7. The molecule has 0 heterocycles. The predicted octanol–water partition coefficient (Wildman–Crippen LogP) is 4.06. The molecule has 0 radical (unpaired) electrons. The number of esters is 2. The van der Waals surface area contributed by atoms with E-state index in [1.807, 2.05) is 27.7 Å². The van der Waals surface area contributed by atoms with E-state index in [0.717, 1.165) is 19.3 Å². The lowest BCUT2D eigenvalue weighted by Crippen LogP contribution is -2.36. The Morgan fingerprint density at radius 1 is 0.875 bits per heavy atom. The molecule has 1 aromatic rings. The Hall–Kier alpha value is -2.77. The molecule has 0 aliphatic rings. The summed E-state index contributed by atoms with van der Waals surface area (Å²) in [5.74, 6) is -0.596.